The number of carbonyl (C=O) groups is 2. The third-order valence-corrected chi connectivity index (χ3v) is 8.06. The fourth-order valence-electron chi connectivity index (χ4n) is 4.35. The Kier molecular flexibility index (Phi) is 10.5. The minimum absolute atomic E-state index is 0.0461. The number of nitrogens with zero attached hydrogens (tertiary/aromatic N) is 3. The lowest BCUT2D eigenvalue weighted by molar-refractivity contribution is 0.104. The number of rotatable bonds is 7. The second kappa shape index (κ2) is 14.2. The van der Waals surface area contributed by atoms with Crippen LogP contribution in [0.2, 0.25) is 10.0 Å². The average Bonchev–Trinajstić information content (AvgIpc) is 3.40. The summed E-state index contributed by atoms with van der Waals surface area (Å²) in [6.45, 7) is 5.80. The molecule has 2 heterocycles. The number of ketones is 1. The van der Waals surface area contributed by atoms with Gasteiger partial charge in [-0.25, -0.2) is 14.8 Å². The number of anilines is 3. The number of hydrogen-bond donors (Lipinski definition) is 4. The van der Waals surface area contributed by atoms with Gasteiger partial charge in [0.25, 0.3) is 10.1 Å². The van der Waals surface area contributed by atoms with Crippen molar-refractivity contribution in [2.24, 2.45) is 0 Å². The normalized spacial score (nSPS) is 11.1. The first-order chi connectivity index (χ1) is 21.7. The molecule has 46 heavy (non-hydrogen) atoms. The molecule has 15 heteroatoms. The lowest BCUT2D eigenvalue weighted by Crippen LogP contribution is -2.20. The highest BCUT2D eigenvalue weighted by molar-refractivity contribution is 7.85. The Balaban J connectivity index is 0.000000369. The van der Waals surface area contributed by atoms with E-state index in [1.165, 1.54) is 37.7 Å². The molecule has 12 nitrogen and oxygen atoms in total. The van der Waals surface area contributed by atoms with Gasteiger partial charge >= 0.3 is 6.03 Å². The van der Waals surface area contributed by atoms with Gasteiger partial charge in [-0.2, -0.15) is 8.42 Å². The summed E-state index contributed by atoms with van der Waals surface area (Å²) >= 11 is 12.0. The van der Waals surface area contributed by atoms with Gasteiger partial charge in [0, 0.05) is 22.8 Å². The van der Waals surface area contributed by atoms with Crippen molar-refractivity contribution < 1.29 is 27.3 Å². The number of nitrogen functional groups attached to an aromatic ring is 1. The van der Waals surface area contributed by atoms with Crippen LogP contribution in [0.15, 0.2) is 78.1 Å². The van der Waals surface area contributed by atoms with Crippen LogP contribution in [-0.4, -0.2) is 46.4 Å². The van der Waals surface area contributed by atoms with E-state index in [0.717, 1.165) is 5.56 Å². The highest BCUT2D eigenvalue weighted by atomic mass is 35.5. The number of nitrogens with one attached hydrogen (secondary N) is 2. The molecule has 5 rings (SSSR count). The van der Waals surface area contributed by atoms with Crippen LogP contribution in [0.1, 0.15) is 41.4 Å². The molecule has 0 spiro atoms. The van der Waals surface area contributed by atoms with Gasteiger partial charge in [0.2, 0.25) is 0 Å². The summed E-state index contributed by atoms with van der Waals surface area (Å²) in [4.78, 5) is 34.5. The van der Waals surface area contributed by atoms with E-state index in [-0.39, 0.29) is 33.2 Å². The van der Waals surface area contributed by atoms with Crippen LogP contribution >= 0.6 is 23.2 Å². The zero-order chi connectivity index (χ0) is 33.8. The Morgan fingerprint density at radius 2 is 1.65 bits per heavy atom. The highest BCUT2D eigenvalue weighted by Gasteiger charge is 2.22. The number of benzene rings is 3. The van der Waals surface area contributed by atoms with Crippen LogP contribution in [0.4, 0.5) is 22.0 Å². The van der Waals surface area contributed by atoms with Crippen LogP contribution in [0.3, 0.4) is 0 Å². The standard InChI is InChI=1S/C24H22Cl2N6O3.C7H8O3S/c1-12(2)32-10-15(20-22(27)28-11-29-23(20)32)21(33)13-4-7-19(35-3)18(8-13)31-24(34)30-17-6-5-14(25)9-16(17)26;1-6-2-4-7(5-3-6)11(8,9)10/h4-12H,1-3H3,(H2,27,28,29)(H2,30,31,34);2-5H,1H3,(H,8,9,10). The number of carbonyl (C=O) groups excluding carboxylic acids is 2. The minimum Gasteiger partial charge on any atom is -0.495 e. The number of amides is 2. The van der Waals surface area contributed by atoms with Gasteiger partial charge in [0.1, 0.15) is 23.5 Å². The van der Waals surface area contributed by atoms with Crippen molar-refractivity contribution in [1.82, 2.24) is 14.5 Å². The SMILES string of the molecule is COc1ccc(C(=O)c2cn(C(C)C)c3ncnc(N)c23)cc1NC(=O)Nc1ccc(Cl)cc1Cl.Cc1ccc(S(=O)(=O)O)cc1. The molecule has 0 bridgehead atoms. The van der Waals surface area contributed by atoms with Gasteiger partial charge in [-0.15, -0.1) is 0 Å². The van der Waals surface area contributed by atoms with Gasteiger partial charge in [0.15, 0.2) is 5.78 Å². The van der Waals surface area contributed by atoms with E-state index in [0.29, 0.717) is 38.6 Å². The molecular formula is C31H30Cl2N6O6S. The summed E-state index contributed by atoms with van der Waals surface area (Å²) in [7, 11) is -2.56. The second-order valence-electron chi connectivity index (χ2n) is 10.2. The fraction of sp³-hybridized carbons (Fsp3) is 0.161. The molecule has 2 aromatic heterocycles. The predicted molar refractivity (Wildman–Crippen MR) is 179 cm³/mol. The third kappa shape index (κ3) is 7.93. The summed E-state index contributed by atoms with van der Waals surface area (Å²) < 4.78 is 36.8. The van der Waals surface area contributed by atoms with E-state index in [9.17, 15) is 18.0 Å². The van der Waals surface area contributed by atoms with Crippen molar-refractivity contribution in [2.45, 2.75) is 31.7 Å². The number of halogens is 2. The molecule has 0 saturated carbocycles. The number of aryl methyl sites for hydroxylation is 1. The van der Waals surface area contributed by atoms with Gasteiger partial charge in [0.05, 0.1) is 39.4 Å². The van der Waals surface area contributed by atoms with Crippen molar-refractivity contribution in [1.29, 1.82) is 0 Å². The van der Waals surface area contributed by atoms with Crippen molar-refractivity contribution in [3.8, 4) is 5.75 Å². The van der Waals surface area contributed by atoms with E-state index in [4.69, 9.17) is 38.2 Å². The van der Waals surface area contributed by atoms with E-state index in [1.54, 1.807) is 42.6 Å². The molecular weight excluding hydrogens is 655 g/mol. The Morgan fingerprint density at radius 1 is 0.978 bits per heavy atom. The Morgan fingerprint density at radius 3 is 2.26 bits per heavy atom. The molecule has 0 saturated heterocycles. The maximum atomic E-state index is 13.5. The minimum atomic E-state index is -4.02. The van der Waals surface area contributed by atoms with Crippen molar-refractivity contribution in [2.75, 3.05) is 23.5 Å². The molecule has 0 radical (unpaired) electrons. The number of urea groups is 1. The quantitative estimate of drug-likeness (QED) is 0.103. The molecule has 240 valence electrons. The molecule has 0 aliphatic rings. The zero-order valence-corrected chi connectivity index (χ0v) is 27.4. The first-order valence-electron chi connectivity index (χ1n) is 13.6. The van der Waals surface area contributed by atoms with Crippen LogP contribution in [0.5, 0.6) is 5.75 Å². The average molecular weight is 686 g/mol. The maximum Gasteiger partial charge on any atom is 0.323 e. The van der Waals surface area contributed by atoms with Crippen LogP contribution in [0, 0.1) is 6.92 Å². The molecule has 3 aromatic carbocycles. The number of hydrogen-bond acceptors (Lipinski definition) is 8. The monoisotopic (exact) mass is 684 g/mol. The Labute approximate surface area is 275 Å². The van der Waals surface area contributed by atoms with Gasteiger partial charge in [-0.1, -0.05) is 40.9 Å². The van der Waals surface area contributed by atoms with E-state index < -0.39 is 16.1 Å². The number of aromatic nitrogens is 3. The lowest BCUT2D eigenvalue weighted by Gasteiger charge is -2.13. The summed E-state index contributed by atoms with van der Waals surface area (Å²) in [6.07, 6.45) is 3.08. The number of fused-ring (bicyclic) bond motifs is 1. The summed E-state index contributed by atoms with van der Waals surface area (Å²) in [6, 6.07) is 14.9. The summed E-state index contributed by atoms with van der Waals surface area (Å²) in [5, 5.41) is 6.55. The summed E-state index contributed by atoms with van der Waals surface area (Å²) in [5.41, 5.74) is 8.97. The Bertz CT molecular complexity index is 2030. The number of nitrogens with two attached hydrogens (primary N) is 1. The maximum absolute atomic E-state index is 13.5. The second-order valence-corrected chi connectivity index (χ2v) is 12.5. The first-order valence-corrected chi connectivity index (χ1v) is 15.8. The molecule has 2 amide bonds. The van der Waals surface area contributed by atoms with Crippen LogP contribution in [-0.2, 0) is 10.1 Å². The van der Waals surface area contributed by atoms with Crippen molar-refractivity contribution >= 4 is 73.4 Å². The zero-order valence-electron chi connectivity index (χ0n) is 25.1. The molecule has 0 aliphatic carbocycles. The third-order valence-electron chi connectivity index (χ3n) is 6.65. The smallest absolute Gasteiger partial charge is 0.323 e. The lowest BCUT2D eigenvalue weighted by atomic mass is 10.0. The molecule has 5 aromatic rings. The van der Waals surface area contributed by atoms with Gasteiger partial charge in [-0.05, 0) is 69.3 Å². The summed E-state index contributed by atoms with van der Waals surface area (Å²) in [5.74, 6) is 0.276. The largest absolute Gasteiger partial charge is 0.495 e. The van der Waals surface area contributed by atoms with Crippen LogP contribution < -0.4 is 21.1 Å². The number of methoxy groups -OCH3 is 1. The molecule has 0 atom stereocenters. The molecule has 0 aliphatic heterocycles. The molecule has 0 fully saturated rings. The first kappa shape index (κ1) is 34.2. The molecule has 5 N–H and O–H groups in total. The predicted octanol–water partition coefficient (Wildman–Crippen LogP) is 7.03. The Hall–Kier alpha value is -4.69. The molecule has 0 unspecified atom stereocenters. The van der Waals surface area contributed by atoms with E-state index in [2.05, 4.69) is 20.6 Å². The fourth-order valence-corrected chi connectivity index (χ4v) is 5.29. The van der Waals surface area contributed by atoms with Crippen molar-refractivity contribution in [3.63, 3.8) is 0 Å². The van der Waals surface area contributed by atoms with E-state index >= 15 is 0 Å². The van der Waals surface area contributed by atoms with Crippen molar-refractivity contribution in [3.05, 3.63) is 99.9 Å². The number of ether oxygens (including phenoxy) is 1. The highest BCUT2D eigenvalue weighted by Crippen LogP contribution is 2.32. The van der Waals surface area contributed by atoms with Gasteiger partial charge < -0.3 is 25.7 Å². The topological polar surface area (TPSA) is 179 Å². The van der Waals surface area contributed by atoms with Crippen LogP contribution in [0.25, 0.3) is 11.0 Å². The van der Waals surface area contributed by atoms with E-state index in [1.807, 2.05) is 25.3 Å². The van der Waals surface area contributed by atoms with Gasteiger partial charge in [-0.3, -0.25) is 9.35 Å².